The van der Waals surface area contributed by atoms with Crippen molar-refractivity contribution >= 4 is 33.4 Å². The molecule has 0 fully saturated rings. The Labute approximate surface area is 145 Å². The predicted molar refractivity (Wildman–Crippen MR) is 90.1 cm³/mol. The molecule has 1 aliphatic heterocycles. The number of nitro groups is 1. The van der Waals surface area contributed by atoms with E-state index in [-0.39, 0.29) is 17.5 Å². The average molecular weight is 390 g/mol. The number of halogens is 1. The molecule has 0 N–H and O–H groups in total. The summed E-state index contributed by atoms with van der Waals surface area (Å²) in [5, 5.41) is 16.3. The molecule has 7 nitrogen and oxygen atoms in total. The van der Waals surface area contributed by atoms with E-state index in [1.165, 1.54) is 24.1 Å². The number of ether oxygens (including phenoxy) is 1. The minimum absolute atomic E-state index is 0.0703. The number of hydrogen-bond acceptors (Lipinski definition) is 5. The van der Waals surface area contributed by atoms with Crippen LogP contribution in [0.3, 0.4) is 0 Å². The average Bonchev–Trinajstić information content (AvgIpc) is 3.00. The summed E-state index contributed by atoms with van der Waals surface area (Å²) in [6, 6.07) is 13.3. The van der Waals surface area contributed by atoms with Crippen molar-refractivity contribution in [3.05, 3.63) is 74.2 Å². The van der Waals surface area contributed by atoms with Crippen molar-refractivity contribution in [2.45, 2.75) is 13.2 Å². The van der Waals surface area contributed by atoms with Crippen LogP contribution in [-0.4, -0.2) is 21.7 Å². The highest BCUT2D eigenvalue weighted by atomic mass is 79.9. The third-order valence-electron chi connectivity index (χ3n) is 3.40. The first kappa shape index (κ1) is 16.1. The first-order valence-electron chi connectivity index (χ1n) is 7.01. The van der Waals surface area contributed by atoms with E-state index >= 15 is 0 Å². The van der Waals surface area contributed by atoms with Gasteiger partial charge in [-0.25, -0.2) is 0 Å². The topological polar surface area (TPSA) is 85.0 Å². The molecule has 1 atom stereocenters. The summed E-state index contributed by atoms with van der Waals surface area (Å²) in [5.41, 5.74) is 1.11. The lowest BCUT2D eigenvalue weighted by molar-refractivity contribution is -0.384. The van der Waals surface area contributed by atoms with Gasteiger partial charge in [0.1, 0.15) is 0 Å². The van der Waals surface area contributed by atoms with Crippen LogP contribution in [0.5, 0.6) is 0 Å². The summed E-state index contributed by atoms with van der Waals surface area (Å²) in [5.74, 6) is -0.126. The third kappa shape index (κ3) is 3.13. The van der Waals surface area contributed by atoms with Crippen LogP contribution < -0.4 is 0 Å². The lowest BCUT2D eigenvalue weighted by Gasteiger charge is -2.19. The van der Waals surface area contributed by atoms with Gasteiger partial charge < -0.3 is 4.74 Å². The largest absolute Gasteiger partial charge is 0.446 e. The monoisotopic (exact) mass is 389 g/mol. The zero-order valence-corrected chi connectivity index (χ0v) is 14.1. The van der Waals surface area contributed by atoms with Gasteiger partial charge in [-0.2, -0.15) is 5.01 Å². The SMILES string of the molecule is CC(=O)N1N=C(c2cccc([N+](=O)[O-])c2)O[C@@H]1c1cccc(Br)c1. The number of rotatable bonds is 3. The Morgan fingerprint density at radius 2 is 2.04 bits per heavy atom. The van der Waals surface area contributed by atoms with E-state index in [0.29, 0.717) is 5.56 Å². The van der Waals surface area contributed by atoms with Gasteiger partial charge in [0.05, 0.1) is 4.92 Å². The molecule has 0 saturated heterocycles. The van der Waals surface area contributed by atoms with E-state index in [4.69, 9.17) is 4.74 Å². The first-order valence-corrected chi connectivity index (χ1v) is 7.80. The molecular weight excluding hydrogens is 378 g/mol. The number of non-ortho nitro benzene ring substituents is 1. The van der Waals surface area contributed by atoms with Crippen LogP contribution in [0.25, 0.3) is 0 Å². The fourth-order valence-corrected chi connectivity index (χ4v) is 2.73. The van der Waals surface area contributed by atoms with E-state index < -0.39 is 11.2 Å². The van der Waals surface area contributed by atoms with Crippen molar-refractivity contribution in [1.29, 1.82) is 0 Å². The lowest BCUT2D eigenvalue weighted by Crippen LogP contribution is -2.25. The van der Waals surface area contributed by atoms with Crippen LogP contribution in [-0.2, 0) is 9.53 Å². The lowest BCUT2D eigenvalue weighted by atomic mass is 10.2. The summed E-state index contributed by atoms with van der Waals surface area (Å²) in [6.45, 7) is 1.38. The predicted octanol–water partition coefficient (Wildman–Crippen LogP) is 3.60. The molecule has 2 aromatic rings. The Kier molecular flexibility index (Phi) is 4.30. The zero-order valence-electron chi connectivity index (χ0n) is 12.5. The van der Waals surface area contributed by atoms with E-state index in [0.717, 1.165) is 10.0 Å². The smallest absolute Gasteiger partial charge is 0.270 e. The summed E-state index contributed by atoms with van der Waals surface area (Å²) in [6.07, 6.45) is -0.714. The molecule has 122 valence electrons. The molecule has 8 heteroatoms. The number of amides is 1. The minimum atomic E-state index is -0.714. The van der Waals surface area contributed by atoms with Gasteiger partial charge in [-0.1, -0.05) is 34.1 Å². The van der Waals surface area contributed by atoms with Crippen molar-refractivity contribution < 1.29 is 14.5 Å². The maximum atomic E-state index is 11.9. The molecule has 1 amide bonds. The number of nitrogens with zero attached hydrogens (tertiary/aromatic N) is 3. The third-order valence-corrected chi connectivity index (χ3v) is 3.90. The van der Waals surface area contributed by atoms with Crippen molar-refractivity contribution in [3.8, 4) is 0 Å². The van der Waals surface area contributed by atoms with Crippen LogP contribution in [0.2, 0.25) is 0 Å². The minimum Gasteiger partial charge on any atom is -0.446 e. The van der Waals surface area contributed by atoms with Crippen molar-refractivity contribution in [3.63, 3.8) is 0 Å². The van der Waals surface area contributed by atoms with E-state index in [9.17, 15) is 14.9 Å². The number of hydrogen-bond donors (Lipinski definition) is 0. The van der Waals surface area contributed by atoms with E-state index in [2.05, 4.69) is 21.0 Å². The molecule has 0 spiro atoms. The Bertz CT molecular complexity index is 853. The fraction of sp³-hybridized carbons (Fsp3) is 0.125. The molecule has 24 heavy (non-hydrogen) atoms. The molecule has 0 bridgehead atoms. The quantitative estimate of drug-likeness (QED) is 0.592. The molecule has 0 unspecified atom stereocenters. The summed E-state index contributed by atoms with van der Waals surface area (Å²) < 4.78 is 6.65. The van der Waals surface area contributed by atoms with Crippen LogP contribution in [0.15, 0.2) is 58.1 Å². The van der Waals surface area contributed by atoms with Gasteiger partial charge in [-0.15, -0.1) is 5.10 Å². The van der Waals surface area contributed by atoms with Crippen LogP contribution in [0.1, 0.15) is 24.3 Å². The molecule has 1 heterocycles. The Morgan fingerprint density at radius 1 is 1.29 bits per heavy atom. The Balaban J connectivity index is 1.97. The second-order valence-electron chi connectivity index (χ2n) is 5.10. The molecular formula is C16H12BrN3O4. The summed E-state index contributed by atoms with van der Waals surface area (Å²) >= 11 is 3.38. The second kappa shape index (κ2) is 6.40. The van der Waals surface area contributed by atoms with E-state index in [1.807, 2.05) is 24.3 Å². The number of carbonyl (C=O) groups is 1. The Morgan fingerprint density at radius 3 is 2.71 bits per heavy atom. The number of benzene rings is 2. The summed E-state index contributed by atoms with van der Waals surface area (Å²) in [7, 11) is 0. The molecule has 3 rings (SSSR count). The van der Waals surface area contributed by atoms with E-state index in [1.54, 1.807) is 12.1 Å². The van der Waals surface area contributed by atoms with Crippen molar-refractivity contribution in [2.75, 3.05) is 0 Å². The fourth-order valence-electron chi connectivity index (χ4n) is 2.31. The molecule has 0 aliphatic carbocycles. The van der Waals surface area contributed by atoms with Gasteiger partial charge >= 0.3 is 0 Å². The van der Waals surface area contributed by atoms with Gasteiger partial charge in [0.15, 0.2) is 0 Å². The van der Waals surface area contributed by atoms with Gasteiger partial charge in [0, 0.05) is 34.7 Å². The molecule has 0 radical (unpaired) electrons. The first-order chi connectivity index (χ1) is 11.5. The normalized spacial score (nSPS) is 16.5. The maximum Gasteiger partial charge on any atom is 0.270 e. The highest BCUT2D eigenvalue weighted by molar-refractivity contribution is 9.10. The molecule has 0 saturated carbocycles. The Hall–Kier alpha value is -2.74. The molecule has 1 aliphatic rings. The number of hydrazone groups is 1. The van der Waals surface area contributed by atoms with Gasteiger partial charge in [-0.3, -0.25) is 14.9 Å². The van der Waals surface area contributed by atoms with Crippen LogP contribution >= 0.6 is 15.9 Å². The maximum absolute atomic E-state index is 11.9. The second-order valence-corrected chi connectivity index (χ2v) is 6.02. The summed E-state index contributed by atoms with van der Waals surface area (Å²) in [4.78, 5) is 22.3. The number of carbonyl (C=O) groups excluding carboxylic acids is 1. The molecule has 2 aromatic carbocycles. The number of nitro benzene ring substituents is 1. The highest BCUT2D eigenvalue weighted by Crippen LogP contribution is 2.32. The van der Waals surface area contributed by atoms with Crippen molar-refractivity contribution in [1.82, 2.24) is 5.01 Å². The zero-order chi connectivity index (χ0) is 17.3. The van der Waals surface area contributed by atoms with Crippen LogP contribution in [0.4, 0.5) is 5.69 Å². The van der Waals surface area contributed by atoms with Crippen molar-refractivity contribution in [2.24, 2.45) is 5.10 Å². The van der Waals surface area contributed by atoms with Gasteiger partial charge in [0.25, 0.3) is 5.69 Å². The van der Waals surface area contributed by atoms with Crippen LogP contribution in [0, 0.1) is 10.1 Å². The standard InChI is InChI=1S/C16H12BrN3O4/c1-10(21)19-16(12-5-2-6-13(17)8-12)24-15(18-19)11-4-3-7-14(9-11)20(22)23/h2-9,16H,1H3/t16-/m1/s1. The molecule has 0 aromatic heterocycles. The van der Waals surface area contributed by atoms with Gasteiger partial charge in [0.2, 0.25) is 18.0 Å². The highest BCUT2D eigenvalue weighted by Gasteiger charge is 2.33. The van der Waals surface area contributed by atoms with Gasteiger partial charge in [-0.05, 0) is 18.2 Å².